The van der Waals surface area contributed by atoms with Gasteiger partial charge in [-0.25, -0.2) is 0 Å². The Morgan fingerprint density at radius 3 is 2.50 bits per heavy atom. The van der Waals surface area contributed by atoms with Gasteiger partial charge in [-0.05, 0) is 37.6 Å². The van der Waals surface area contributed by atoms with Crippen LogP contribution in [0.1, 0.15) is 20.3 Å². The first-order valence-corrected chi connectivity index (χ1v) is 6.90. The van der Waals surface area contributed by atoms with E-state index in [2.05, 4.69) is 22.5 Å². The van der Waals surface area contributed by atoms with Crippen LogP contribution in [0.4, 0.5) is 0 Å². The predicted molar refractivity (Wildman–Crippen MR) is 96.6 cm³/mol. The highest BCUT2D eigenvalue weighted by molar-refractivity contribution is 14.0. The number of ether oxygens (including phenoxy) is 1. The van der Waals surface area contributed by atoms with Crippen molar-refractivity contribution in [2.45, 2.75) is 26.4 Å². The largest absolute Gasteiger partial charge is 0.489 e. The summed E-state index contributed by atoms with van der Waals surface area (Å²) in [5, 5.41) is 7.15. The fourth-order valence-electron chi connectivity index (χ4n) is 1.49. The van der Waals surface area contributed by atoms with Crippen LogP contribution >= 0.6 is 35.6 Å². The van der Waals surface area contributed by atoms with E-state index < -0.39 is 0 Å². The lowest BCUT2D eigenvalue weighted by Crippen LogP contribution is -2.42. The highest BCUT2D eigenvalue weighted by Crippen LogP contribution is 2.16. The van der Waals surface area contributed by atoms with E-state index in [9.17, 15) is 0 Å². The number of benzene rings is 1. The molecule has 1 aromatic rings. The maximum atomic E-state index is 5.83. The SMILES string of the molecule is CCCNC(=NC)NCC(C)Oc1ccc(Cl)cc1.I. The lowest BCUT2D eigenvalue weighted by Gasteiger charge is -2.17. The maximum Gasteiger partial charge on any atom is 0.191 e. The number of rotatable bonds is 6. The highest BCUT2D eigenvalue weighted by atomic mass is 127. The van der Waals surface area contributed by atoms with Crippen molar-refractivity contribution in [1.82, 2.24) is 10.6 Å². The van der Waals surface area contributed by atoms with Gasteiger partial charge in [0.2, 0.25) is 0 Å². The van der Waals surface area contributed by atoms with E-state index in [1.54, 1.807) is 7.05 Å². The Kier molecular flexibility index (Phi) is 10.6. The van der Waals surface area contributed by atoms with Gasteiger partial charge < -0.3 is 15.4 Å². The molecule has 114 valence electrons. The van der Waals surface area contributed by atoms with Crippen molar-refractivity contribution in [2.24, 2.45) is 4.99 Å². The molecule has 0 aliphatic rings. The second kappa shape index (κ2) is 11.0. The third-order valence-electron chi connectivity index (χ3n) is 2.47. The van der Waals surface area contributed by atoms with Crippen molar-refractivity contribution in [3.63, 3.8) is 0 Å². The van der Waals surface area contributed by atoms with Crippen LogP contribution in [-0.4, -0.2) is 32.2 Å². The van der Waals surface area contributed by atoms with E-state index in [4.69, 9.17) is 16.3 Å². The lowest BCUT2D eigenvalue weighted by atomic mass is 10.3. The molecule has 0 heterocycles. The monoisotopic (exact) mass is 411 g/mol. The first-order chi connectivity index (χ1) is 9.15. The summed E-state index contributed by atoms with van der Waals surface area (Å²) in [7, 11) is 1.76. The molecule has 0 bridgehead atoms. The molecule has 0 spiro atoms. The second-order valence-electron chi connectivity index (χ2n) is 4.26. The summed E-state index contributed by atoms with van der Waals surface area (Å²) in [4.78, 5) is 4.14. The van der Waals surface area contributed by atoms with E-state index in [1.165, 1.54) is 0 Å². The average molecular weight is 412 g/mol. The smallest absolute Gasteiger partial charge is 0.191 e. The van der Waals surface area contributed by atoms with Gasteiger partial charge in [0, 0.05) is 18.6 Å². The van der Waals surface area contributed by atoms with Gasteiger partial charge in [0.25, 0.3) is 0 Å². The molecule has 20 heavy (non-hydrogen) atoms. The molecule has 0 aliphatic heterocycles. The van der Waals surface area contributed by atoms with Gasteiger partial charge in [0.15, 0.2) is 5.96 Å². The van der Waals surface area contributed by atoms with Gasteiger partial charge in [0.1, 0.15) is 11.9 Å². The molecule has 0 fully saturated rings. The van der Waals surface area contributed by atoms with Crippen LogP contribution in [0.3, 0.4) is 0 Å². The van der Waals surface area contributed by atoms with Crippen LogP contribution in [0.25, 0.3) is 0 Å². The number of guanidine groups is 1. The quantitative estimate of drug-likeness (QED) is 0.429. The summed E-state index contributed by atoms with van der Waals surface area (Å²) >= 11 is 5.83. The van der Waals surface area contributed by atoms with Crippen LogP contribution in [0.15, 0.2) is 29.3 Å². The highest BCUT2D eigenvalue weighted by Gasteiger charge is 2.05. The molecule has 0 radical (unpaired) electrons. The maximum absolute atomic E-state index is 5.83. The van der Waals surface area contributed by atoms with E-state index in [0.29, 0.717) is 11.6 Å². The van der Waals surface area contributed by atoms with Crippen molar-refractivity contribution in [3.05, 3.63) is 29.3 Å². The van der Waals surface area contributed by atoms with E-state index >= 15 is 0 Å². The Balaban J connectivity index is 0.00000361. The van der Waals surface area contributed by atoms with Gasteiger partial charge in [0.05, 0.1) is 6.54 Å². The molecule has 4 nitrogen and oxygen atoms in total. The molecule has 1 atom stereocenters. The minimum Gasteiger partial charge on any atom is -0.489 e. The van der Waals surface area contributed by atoms with Crippen LogP contribution < -0.4 is 15.4 Å². The molecule has 0 aromatic heterocycles. The molecular weight excluding hydrogens is 389 g/mol. The Morgan fingerprint density at radius 2 is 1.95 bits per heavy atom. The van der Waals surface area contributed by atoms with Crippen molar-refractivity contribution in [3.8, 4) is 5.75 Å². The van der Waals surface area contributed by atoms with Crippen LogP contribution in [-0.2, 0) is 0 Å². The number of hydrogen-bond acceptors (Lipinski definition) is 2. The molecule has 6 heteroatoms. The van der Waals surface area contributed by atoms with Crippen molar-refractivity contribution in [1.29, 1.82) is 0 Å². The summed E-state index contributed by atoms with van der Waals surface area (Å²) < 4.78 is 5.76. The zero-order chi connectivity index (χ0) is 14.1. The summed E-state index contributed by atoms with van der Waals surface area (Å²) in [6, 6.07) is 7.36. The van der Waals surface area contributed by atoms with E-state index in [1.807, 2.05) is 31.2 Å². The fourth-order valence-corrected chi connectivity index (χ4v) is 1.62. The lowest BCUT2D eigenvalue weighted by molar-refractivity contribution is 0.224. The first kappa shape index (κ1) is 19.3. The summed E-state index contributed by atoms with van der Waals surface area (Å²) in [5.41, 5.74) is 0. The third-order valence-corrected chi connectivity index (χ3v) is 2.73. The Bertz CT molecular complexity index is 398. The zero-order valence-electron chi connectivity index (χ0n) is 12.1. The van der Waals surface area contributed by atoms with Crippen LogP contribution in [0.5, 0.6) is 5.75 Å². The number of halogens is 2. The fraction of sp³-hybridized carbons (Fsp3) is 0.500. The molecule has 0 aliphatic carbocycles. The van der Waals surface area contributed by atoms with Crippen LogP contribution in [0.2, 0.25) is 5.02 Å². The summed E-state index contributed by atoms with van der Waals surface area (Å²) in [6.45, 7) is 5.72. The molecular formula is C14H23ClIN3O. The second-order valence-corrected chi connectivity index (χ2v) is 4.70. The van der Waals surface area contributed by atoms with Gasteiger partial charge in [-0.15, -0.1) is 24.0 Å². The van der Waals surface area contributed by atoms with Gasteiger partial charge in [-0.3, -0.25) is 4.99 Å². The van der Waals surface area contributed by atoms with Crippen LogP contribution in [0, 0.1) is 0 Å². The Morgan fingerprint density at radius 1 is 1.30 bits per heavy atom. The van der Waals surface area contributed by atoms with Crippen molar-refractivity contribution >= 4 is 41.5 Å². The molecule has 0 saturated heterocycles. The van der Waals surface area contributed by atoms with Gasteiger partial charge in [-0.1, -0.05) is 18.5 Å². The molecule has 1 rings (SSSR count). The normalized spacial score (nSPS) is 12.3. The predicted octanol–water partition coefficient (Wildman–Crippen LogP) is 3.30. The summed E-state index contributed by atoms with van der Waals surface area (Å²) in [6.07, 6.45) is 1.11. The first-order valence-electron chi connectivity index (χ1n) is 6.52. The number of nitrogens with one attached hydrogen (secondary N) is 2. The van der Waals surface area contributed by atoms with Crippen molar-refractivity contribution < 1.29 is 4.74 Å². The van der Waals surface area contributed by atoms with E-state index in [-0.39, 0.29) is 30.1 Å². The molecule has 1 aromatic carbocycles. The van der Waals surface area contributed by atoms with Gasteiger partial charge >= 0.3 is 0 Å². The van der Waals surface area contributed by atoms with Crippen molar-refractivity contribution in [2.75, 3.05) is 20.1 Å². The topological polar surface area (TPSA) is 45.7 Å². The minimum atomic E-state index is 0. The molecule has 0 amide bonds. The number of hydrogen-bond donors (Lipinski definition) is 2. The average Bonchev–Trinajstić information content (AvgIpc) is 2.42. The zero-order valence-corrected chi connectivity index (χ0v) is 15.2. The third kappa shape index (κ3) is 7.79. The molecule has 1 unspecified atom stereocenters. The molecule has 0 saturated carbocycles. The number of nitrogens with zero attached hydrogens (tertiary/aromatic N) is 1. The minimum absolute atomic E-state index is 0. The summed E-state index contributed by atoms with van der Waals surface area (Å²) in [5.74, 6) is 1.61. The Labute approximate surface area is 143 Å². The Hall–Kier alpha value is -0.690. The number of aliphatic imine (C=N–C) groups is 1. The standard InChI is InChI=1S/C14H22ClN3O.HI/c1-4-9-17-14(16-3)18-10-11(2)19-13-7-5-12(15)6-8-13;/h5-8,11H,4,9-10H2,1-3H3,(H2,16,17,18);1H. The van der Waals surface area contributed by atoms with Gasteiger partial charge in [-0.2, -0.15) is 0 Å². The van der Waals surface area contributed by atoms with E-state index in [0.717, 1.165) is 24.7 Å². The molecule has 2 N–H and O–H groups in total.